The maximum atomic E-state index is 13.5. The van der Waals surface area contributed by atoms with Crippen LogP contribution in [0.25, 0.3) is 22.1 Å². The van der Waals surface area contributed by atoms with E-state index in [0.717, 1.165) is 12.1 Å². The number of carbonyl (C=O) groups excluding carboxylic acids is 1. The number of hydrogen-bond acceptors (Lipinski definition) is 5. The van der Waals surface area contributed by atoms with E-state index >= 15 is 0 Å². The third-order valence-corrected chi connectivity index (χ3v) is 4.21. The van der Waals surface area contributed by atoms with E-state index in [1.165, 1.54) is 36.7 Å². The van der Waals surface area contributed by atoms with Crippen molar-refractivity contribution in [3.05, 3.63) is 71.3 Å². The fraction of sp³-hybridized carbons (Fsp3) is 0.105. The third-order valence-electron chi connectivity index (χ3n) is 4.21. The second-order valence-electron chi connectivity index (χ2n) is 6.19. The van der Waals surface area contributed by atoms with Crippen LogP contribution in [0.3, 0.4) is 0 Å². The lowest BCUT2D eigenvalue weighted by atomic mass is 9.97. The van der Waals surface area contributed by atoms with Gasteiger partial charge in [0.05, 0.1) is 11.1 Å². The first-order chi connectivity index (χ1) is 14.1. The summed E-state index contributed by atoms with van der Waals surface area (Å²) in [6.07, 6.45) is -7.78. The number of hydrogen-bond donors (Lipinski definition) is 0. The number of nitrogens with zero attached hydrogens (tertiary/aromatic N) is 4. The maximum Gasteiger partial charge on any atom is 0.434 e. The maximum absolute atomic E-state index is 13.5. The highest BCUT2D eigenvalue weighted by molar-refractivity contribution is 6.13. The smallest absolute Gasteiger partial charge is 0.288 e. The summed E-state index contributed by atoms with van der Waals surface area (Å²) in [5.41, 5.74) is -5.90. The Balaban J connectivity index is 2.02. The summed E-state index contributed by atoms with van der Waals surface area (Å²) in [6.45, 7) is 0. The van der Waals surface area contributed by atoms with E-state index in [1.54, 1.807) is 0 Å². The van der Waals surface area contributed by atoms with Crippen LogP contribution in [-0.2, 0) is 12.4 Å². The lowest BCUT2D eigenvalue weighted by molar-refractivity contribution is -0.141. The number of halogens is 6. The zero-order valence-corrected chi connectivity index (χ0v) is 14.6. The first kappa shape index (κ1) is 19.7. The minimum Gasteiger partial charge on any atom is -0.288 e. The largest absolute Gasteiger partial charge is 0.434 e. The molecule has 0 aliphatic heterocycles. The van der Waals surface area contributed by atoms with Gasteiger partial charge in [-0.25, -0.2) is 19.9 Å². The molecule has 4 rings (SSSR count). The Labute approximate surface area is 163 Å². The molecule has 4 heterocycles. The van der Waals surface area contributed by atoms with Crippen LogP contribution in [0.5, 0.6) is 0 Å². The van der Waals surface area contributed by atoms with Crippen molar-refractivity contribution in [1.29, 1.82) is 0 Å². The van der Waals surface area contributed by atoms with Crippen LogP contribution in [0.1, 0.15) is 27.3 Å². The standard InChI is InChI=1S/C19H8F6N4O/c20-18(21,22)14-11(7-9-3-1-5-26-16(9)28-14)13(30)12-8-10-4-2-6-27-17(10)29-15(12)19(23,24)25/h1-8H. The molecule has 30 heavy (non-hydrogen) atoms. The van der Waals surface area contributed by atoms with Gasteiger partial charge in [-0.3, -0.25) is 4.79 Å². The second-order valence-corrected chi connectivity index (χ2v) is 6.19. The van der Waals surface area contributed by atoms with Gasteiger partial charge in [-0.15, -0.1) is 0 Å². The molecule has 0 atom stereocenters. The first-order valence-electron chi connectivity index (χ1n) is 8.26. The van der Waals surface area contributed by atoms with Gasteiger partial charge in [0.2, 0.25) is 0 Å². The summed E-state index contributed by atoms with van der Waals surface area (Å²) < 4.78 is 81.3. The molecule has 4 aromatic heterocycles. The fourth-order valence-corrected chi connectivity index (χ4v) is 2.93. The minimum absolute atomic E-state index is 0.0674. The molecular weight excluding hydrogens is 414 g/mol. The molecule has 0 aromatic carbocycles. The molecule has 11 heteroatoms. The quantitative estimate of drug-likeness (QED) is 0.342. The van der Waals surface area contributed by atoms with Crippen LogP contribution >= 0.6 is 0 Å². The van der Waals surface area contributed by atoms with Crippen LogP contribution in [0.15, 0.2) is 48.8 Å². The van der Waals surface area contributed by atoms with Crippen molar-refractivity contribution in [3.8, 4) is 0 Å². The topological polar surface area (TPSA) is 68.6 Å². The van der Waals surface area contributed by atoms with Gasteiger partial charge < -0.3 is 0 Å². The Morgan fingerprint density at radius 3 is 1.47 bits per heavy atom. The third kappa shape index (κ3) is 3.42. The van der Waals surface area contributed by atoms with Crippen molar-refractivity contribution in [2.75, 3.05) is 0 Å². The Morgan fingerprint density at radius 1 is 0.700 bits per heavy atom. The molecule has 0 aliphatic carbocycles. The number of ketones is 1. The van der Waals surface area contributed by atoms with Gasteiger partial charge >= 0.3 is 12.4 Å². The molecule has 152 valence electrons. The molecule has 4 aromatic rings. The van der Waals surface area contributed by atoms with Gasteiger partial charge in [0.15, 0.2) is 28.5 Å². The monoisotopic (exact) mass is 422 g/mol. The summed E-state index contributed by atoms with van der Waals surface area (Å²) >= 11 is 0. The molecule has 0 amide bonds. The van der Waals surface area contributed by atoms with E-state index in [9.17, 15) is 31.1 Å². The average Bonchev–Trinajstić information content (AvgIpc) is 2.70. The highest BCUT2D eigenvalue weighted by atomic mass is 19.4. The second kappa shape index (κ2) is 6.71. The van der Waals surface area contributed by atoms with Crippen LogP contribution in [0.4, 0.5) is 26.3 Å². The van der Waals surface area contributed by atoms with Crippen molar-refractivity contribution in [1.82, 2.24) is 19.9 Å². The average molecular weight is 422 g/mol. The molecule has 0 fully saturated rings. The van der Waals surface area contributed by atoms with Gasteiger partial charge in [0, 0.05) is 23.2 Å². The number of fused-ring (bicyclic) bond motifs is 2. The fourth-order valence-electron chi connectivity index (χ4n) is 2.93. The Bertz CT molecular complexity index is 1200. The van der Waals surface area contributed by atoms with Crippen molar-refractivity contribution >= 4 is 27.9 Å². The van der Waals surface area contributed by atoms with E-state index in [2.05, 4.69) is 19.9 Å². The zero-order chi connectivity index (χ0) is 21.7. The summed E-state index contributed by atoms with van der Waals surface area (Å²) in [6, 6.07) is 7.15. The van der Waals surface area contributed by atoms with Crippen LogP contribution < -0.4 is 0 Å². The predicted octanol–water partition coefficient (Wildman–Crippen LogP) is 4.84. The Morgan fingerprint density at radius 2 is 1.10 bits per heavy atom. The lowest BCUT2D eigenvalue weighted by Crippen LogP contribution is -2.20. The number of aromatic nitrogens is 4. The molecule has 0 N–H and O–H groups in total. The van der Waals surface area contributed by atoms with Crippen molar-refractivity contribution in [2.24, 2.45) is 0 Å². The molecule has 0 saturated carbocycles. The van der Waals surface area contributed by atoms with Gasteiger partial charge in [-0.1, -0.05) is 0 Å². The first-order valence-corrected chi connectivity index (χ1v) is 8.26. The van der Waals surface area contributed by atoms with E-state index in [4.69, 9.17) is 0 Å². The zero-order valence-electron chi connectivity index (χ0n) is 14.6. The molecule has 5 nitrogen and oxygen atoms in total. The van der Waals surface area contributed by atoms with Gasteiger partial charge in [0.25, 0.3) is 0 Å². The summed E-state index contributed by atoms with van der Waals surface area (Å²) in [7, 11) is 0. The van der Waals surface area contributed by atoms with Crippen molar-refractivity contribution in [2.45, 2.75) is 12.4 Å². The number of rotatable bonds is 2. The number of pyridine rings is 4. The van der Waals surface area contributed by atoms with E-state index in [1.807, 2.05) is 0 Å². The van der Waals surface area contributed by atoms with Crippen molar-refractivity contribution in [3.63, 3.8) is 0 Å². The number of carbonyl (C=O) groups is 1. The Kier molecular flexibility index (Phi) is 4.40. The van der Waals surface area contributed by atoms with Gasteiger partial charge in [-0.2, -0.15) is 26.3 Å². The lowest BCUT2D eigenvalue weighted by Gasteiger charge is -2.15. The van der Waals surface area contributed by atoms with E-state index < -0.39 is 40.7 Å². The van der Waals surface area contributed by atoms with E-state index in [0.29, 0.717) is 0 Å². The highest BCUT2D eigenvalue weighted by Gasteiger charge is 2.42. The SMILES string of the molecule is O=C(c1cc2cccnc2nc1C(F)(F)F)c1cc2cccnc2nc1C(F)(F)F. The number of alkyl halides is 6. The summed E-state index contributed by atoms with van der Waals surface area (Å²) in [5, 5.41) is 0.135. The van der Waals surface area contributed by atoms with Gasteiger partial charge in [0.1, 0.15) is 0 Å². The molecule has 0 bridgehead atoms. The minimum atomic E-state index is -5.10. The highest BCUT2D eigenvalue weighted by Crippen LogP contribution is 2.36. The summed E-state index contributed by atoms with van der Waals surface area (Å²) in [4.78, 5) is 27.1. The molecule has 0 radical (unpaired) electrons. The van der Waals surface area contributed by atoms with Crippen LogP contribution in [0.2, 0.25) is 0 Å². The van der Waals surface area contributed by atoms with E-state index in [-0.39, 0.29) is 22.1 Å². The van der Waals surface area contributed by atoms with Crippen LogP contribution in [0, 0.1) is 0 Å². The summed E-state index contributed by atoms with van der Waals surface area (Å²) in [5.74, 6) is -1.51. The molecule has 0 aliphatic rings. The molecule has 0 unspecified atom stereocenters. The molecular formula is C19H8F6N4O. The predicted molar refractivity (Wildman–Crippen MR) is 92.5 cm³/mol. The molecule has 0 spiro atoms. The Hall–Kier alpha value is -3.63. The van der Waals surface area contributed by atoms with Gasteiger partial charge in [-0.05, 0) is 36.4 Å². The van der Waals surface area contributed by atoms with Crippen LogP contribution in [-0.4, -0.2) is 25.7 Å². The normalized spacial score (nSPS) is 12.5. The van der Waals surface area contributed by atoms with Crippen molar-refractivity contribution < 1.29 is 31.1 Å². The molecule has 0 saturated heterocycles.